The van der Waals surface area contributed by atoms with Crippen LogP contribution in [0, 0.1) is 40.8 Å². The maximum atomic E-state index is 15.9. The van der Waals surface area contributed by atoms with Crippen molar-refractivity contribution >= 4 is 29.0 Å². The molecule has 206 valence electrons. The third-order valence-electron chi connectivity index (χ3n) is 9.27. The maximum absolute atomic E-state index is 15.9. The van der Waals surface area contributed by atoms with E-state index in [4.69, 9.17) is 11.1 Å². The van der Waals surface area contributed by atoms with E-state index in [-0.39, 0.29) is 53.1 Å². The van der Waals surface area contributed by atoms with Crippen LogP contribution in [0.4, 0.5) is 4.39 Å². The summed E-state index contributed by atoms with van der Waals surface area (Å²) in [6.07, 6.45) is 1.10. The van der Waals surface area contributed by atoms with Crippen molar-refractivity contribution in [3.8, 4) is 5.75 Å². The van der Waals surface area contributed by atoms with Crippen molar-refractivity contribution in [2.24, 2.45) is 35.3 Å². The molecule has 1 amide bonds. The van der Waals surface area contributed by atoms with Gasteiger partial charge in [0.05, 0.1) is 23.4 Å². The number of ketones is 3. The Bertz CT molecular complexity index is 1240. The van der Waals surface area contributed by atoms with Gasteiger partial charge in [0, 0.05) is 28.9 Å². The minimum Gasteiger partial charge on any atom is -0.507 e. The summed E-state index contributed by atoms with van der Waals surface area (Å²) < 4.78 is 15.9. The first-order chi connectivity index (χ1) is 17.6. The summed E-state index contributed by atoms with van der Waals surface area (Å²) in [6.45, 7) is 6.33. The van der Waals surface area contributed by atoms with Crippen LogP contribution < -0.4 is 5.73 Å². The van der Waals surface area contributed by atoms with E-state index >= 15 is 4.39 Å². The van der Waals surface area contributed by atoms with Crippen molar-refractivity contribution in [3.05, 3.63) is 28.6 Å². The second-order valence-corrected chi connectivity index (χ2v) is 11.9. The highest BCUT2D eigenvalue weighted by molar-refractivity contribution is 6.29. The Hall–Kier alpha value is -2.98. The fourth-order valence-electron chi connectivity index (χ4n) is 6.64. The van der Waals surface area contributed by atoms with Crippen LogP contribution in [0.25, 0.3) is 0 Å². The Morgan fingerprint density at radius 2 is 1.82 bits per heavy atom. The van der Waals surface area contributed by atoms with E-state index < -0.39 is 64.7 Å². The summed E-state index contributed by atoms with van der Waals surface area (Å²) in [7, 11) is 5.18. The number of fused-ring (bicyclic) bond motifs is 3. The van der Waals surface area contributed by atoms with Gasteiger partial charge in [-0.3, -0.25) is 29.0 Å². The number of hydrogen-bond acceptors (Lipinski definition) is 8. The molecule has 10 heteroatoms. The average Bonchev–Trinajstić information content (AvgIpc) is 2.81. The molecule has 0 radical (unpaired) electrons. The fourth-order valence-corrected chi connectivity index (χ4v) is 6.64. The summed E-state index contributed by atoms with van der Waals surface area (Å²) in [5.41, 5.74) is 5.02. The number of phenols is 1. The number of rotatable bonds is 6. The molecule has 2 fully saturated rings. The van der Waals surface area contributed by atoms with Crippen LogP contribution in [-0.2, 0) is 27.3 Å². The third-order valence-corrected chi connectivity index (χ3v) is 9.27. The second-order valence-electron chi connectivity index (χ2n) is 11.9. The molecule has 1 aromatic rings. The summed E-state index contributed by atoms with van der Waals surface area (Å²) in [5.74, 6) is -8.78. The van der Waals surface area contributed by atoms with E-state index in [2.05, 4.69) is 0 Å². The first-order valence-electron chi connectivity index (χ1n) is 13.0. The lowest BCUT2D eigenvalue weighted by Gasteiger charge is -2.49. The third kappa shape index (κ3) is 4.18. The van der Waals surface area contributed by atoms with Gasteiger partial charge >= 0.3 is 0 Å². The molecule has 0 aliphatic heterocycles. The van der Waals surface area contributed by atoms with Gasteiger partial charge in [-0.15, -0.1) is 0 Å². The minimum absolute atomic E-state index is 0.0513. The van der Waals surface area contributed by atoms with E-state index in [0.717, 1.165) is 6.42 Å². The number of likely N-dealkylation sites (N-methyl/N-ethyl adjacent to an activating group) is 1. The van der Waals surface area contributed by atoms with Gasteiger partial charge in [0.25, 0.3) is 0 Å². The van der Waals surface area contributed by atoms with Gasteiger partial charge in [-0.25, -0.2) is 4.39 Å². The van der Waals surface area contributed by atoms with Crippen LogP contribution in [-0.4, -0.2) is 76.6 Å². The molecule has 0 saturated heterocycles. The SMILES string of the molecule is CCC(C)(C)N(C)Cc1cc(O)c2c(c1F)CC1CC3C(C(=N)C(C(N)=O)C(=O)C3N(C)C)C(=O)C1C2=O. The number of primary amides is 1. The van der Waals surface area contributed by atoms with Gasteiger partial charge in [-0.05, 0) is 72.2 Å². The molecule has 4 N–H and O–H groups in total. The molecular weight excluding hydrogens is 491 g/mol. The van der Waals surface area contributed by atoms with E-state index in [1.54, 1.807) is 19.0 Å². The first-order valence-corrected chi connectivity index (χ1v) is 13.0. The standard InChI is InChI=1S/C28H37FN4O5/c1-7-28(2,3)33(6)11-13-10-16(34)18-14(21(13)29)8-12-9-15-19(25(36)17(12)24(18)35)22(30)20(27(31)38)26(37)23(15)32(4)5/h10,12,15,17,19-20,23,30,34H,7-9,11H2,1-6H3,(H2,31,38). The molecule has 0 spiro atoms. The van der Waals surface area contributed by atoms with Crippen molar-refractivity contribution < 1.29 is 28.7 Å². The van der Waals surface area contributed by atoms with Crippen LogP contribution in [0.15, 0.2) is 6.07 Å². The molecule has 1 aromatic carbocycles. The zero-order valence-electron chi connectivity index (χ0n) is 22.8. The number of benzene rings is 1. The van der Waals surface area contributed by atoms with Crippen LogP contribution in [0.2, 0.25) is 0 Å². The summed E-state index contributed by atoms with van der Waals surface area (Å²) >= 11 is 0. The van der Waals surface area contributed by atoms with Gasteiger partial charge in [0.1, 0.15) is 17.5 Å². The number of carbonyl (C=O) groups excluding carboxylic acids is 4. The van der Waals surface area contributed by atoms with Crippen molar-refractivity contribution in [2.75, 3.05) is 21.1 Å². The largest absolute Gasteiger partial charge is 0.507 e. The number of hydrogen-bond donors (Lipinski definition) is 3. The Morgan fingerprint density at radius 1 is 1.18 bits per heavy atom. The Kier molecular flexibility index (Phi) is 7.12. The first kappa shape index (κ1) is 28.0. The quantitative estimate of drug-likeness (QED) is 0.479. The lowest BCUT2D eigenvalue weighted by Crippen LogP contribution is -2.64. The zero-order valence-corrected chi connectivity index (χ0v) is 22.8. The molecule has 38 heavy (non-hydrogen) atoms. The number of carbonyl (C=O) groups is 4. The lowest BCUT2D eigenvalue weighted by molar-refractivity contribution is -0.140. The number of nitrogens with two attached hydrogens (primary N) is 1. The van der Waals surface area contributed by atoms with Gasteiger partial charge in [0.2, 0.25) is 5.91 Å². The molecule has 0 bridgehead atoms. The lowest BCUT2D eigenvalue weighted by atomic mass is 9.54. The number of phenolic OH excluding ortho intramolecular Hbond substituents is 1. The minimum atomic E-state index is -1.53. The van der Waals surface area contributed by atoms with Crippen LogP contribution >= 0.6 is 0 Å². The zero-order chi connectivity index (χ0) is 28.4. The van der Waals surface area contributed by atoms with E-state index in [9.17, 15) is 24.3 Å². The van der Waals surface area contributed by atoms with Crippen LogP contribution in [0.1, 0.15) is 55.1 Å². The topological polar surface area (TPSA) is 145 Å². The molecule has 3 aliphatic rings. The van der Waals surface area contributed by atoms with Crippen molar-refractivity contribution in [1.82, 2.24) is 9.80 Å². The number of halogens is 1. The molecule has 6 atom stereocenters. The van der Waals surface area contributed by atoms with Crippen LogP contribution in [0.3, 0.4) is 0 Å². The number of nitrogens with one attached hydrogen (secondary N) is 1. The predicted molar refractivity (Wildman–Crippen MR) is 138 cm³/mol. The molecule has 9 nitrogen and oxygen atoms in total. The number of aromatic hydroxyl groups is 1. The van der Waals surface area contributed by atoms with E-state index in [0.29, 0.717) is 0 Å². The second kappa shape index (κ2) is 9.64. The van der Waals surface area contributed by atoms with E-state index in [1.807, 2.05) is 32.7 Å². The van der Waals surface area contributed by atoms with Crippen molar-refractivity contribution in [1.29, 1.82) is 5.41 Å². The summed E-state index contributed by atoms with van der Waals surface area (Å²) in [6, 6.07) is 0.416. The number of amides is 1. The average molecular weight is 529 g/mol. The van der Waals surface area contributed by atoms with Crippen LogP contribution in [0.5, 0.6) is 5.75 Å². The highest BCUT2D eigenvalue weighted by Crippen LogP contribution is 2.49. The predicted octanol–water partition coefficient (Wildman–Crippen LogP) is 1.96. The molecule has 0 aromatic heterocycles. The highest BCUT2D eigenvalue weighted by atomic mass is 19.1. The van der Waals surface area contributed by atoms with Gasteiger partial charge in [0.15, 0.2) is 17.3 Å². The molecule has 6 unspecified atom stereocenters. The number of nitrogens with zero attached hydrogens (tertiary/aromatic N) is 2. The molecule has 4 rings (SSSR count). The number of Topliss-reactive ketones (excluding diaryl/α,β-unsaturated/α-hetero) is 3. The molecule has 0 heterocycles. The highest BCUT2D eigenvalue weighted by Gasteiger charge is 2.60. The Balaban J connectivity index is 1.76. The molecular formula is C28H37FN4O5. The normalized spacial score (nSPS) is 29.4. The van der Waals surface area contributed by atoms with Gasteiger partial charge in [-0.1, -0.05) is 6.92 Å². The van der Waals surface area contributed by atoms with Gasteiger partial charge < -0.3 is 16.2 Å². The Labute approximate surface area is 222 Å². The smallest absolute Gasteiger partial charge is 0.233 e. The van der Waals surface area contributed by atoms with Crippen molar-refractivity contribution in [3.63, 3.8) is 0 Å². The maximum Gasteiger partial charge on any atom is 0.233 e. The van der Waals surface area contributed by atoms with E-state index in [1.165, 1.54) is 6.07 Å². The monoisotopic (exact) mass is 528 g/mol. The fraction of sp³-hybridized carbons (Fsp3) is 0.607. The van der Waals surface area contributed by atoms with Crippen molar-refractivity contribution in [2.45, 2.75) is 58.2 Å². The van der Waals surface area contributed by atoms with Gasteiger partial charge in [-0.2, -0.15) is 0 Å². The Morgan fingerprint density at radius 3 is 2.37 bits per heavy atom. The summed E-state index contributed by atoms with van der Waals surface area (Å²) in [4.78, 5) is 56.3. The molecule has 2 saturated carbocycles. The summed E-state index contributed by atoms with van der Waals surface area (Å²) in [5, 5.41) is 19.4. The molecule has 3 aliphatic carbocycles.